The molecular formula is C16H17ClN6O. The van der Waals surface area contributed by atoms with Crippen molar-refractivity contribution in [2.75, 3.05) is 0 Å². The maximum absolute atomic E-state index is 12.1. The van der Waals surface area contributed by atoms with E-state index in [4.69, 9.17) is 11.6 Å². The van der Waals surface area contributed by atoms with Crippen LogP contribution in [0.5, 0.6) is 0 Å². The van der Waals surface area contributed by atoms with Gasteiger partial charge in [-0.25, -0.2) is 0 Å². The fourth-order valence-corrected chi connectivity index (χ4v) is 2.62. The predicted octanol–water partition coefficient (Wildman–Crippen LogP) is 1.84. The smallest absolute Gasteiger partial charge is 0.273 e. The molecule has 0 spiro atoms. The minimum atomic E-state index is -0.335. The van der Waals surface area contributed by atoms with Gasteiger partial charge in [-0.15, -0.1) is 10.2 Å². The third kappa shape index (κ3) is 3.80. The summed E-state index contributed by atoms with van der Waals surface area (Å²) in [5, 5.41) is 15.1. The molecule has 0 aliphatic rings. The second-order valence-corrected chi connectivity index (χ2v) is 5.77. The van der Waals surface area contributed by atoms with E-state index >= 15 is 0 Å². The van der Waals surface area contributed by atoms with E-state index in [9.17, 15) is 4.79 Å². The van der Waals surface area contributed by atoms with Crippen LogP contribution in [0.25, 0.3) is 0 Å². The Bertz CT molecular complexity index is 826. The Balaban J connectivity index is 1.59. The first-order chi connectivity index (χ1) is 11.6. The van der Waals surface area contributed by atoms with Crippen LogP contribution in [-0.4, -0.2) is 30.5 Å². The van der Waals surface area contributed by atoms with Crippen LogP contribution in [0.15, 0.2) is 42.9 Å². The van der Waals surface area contributed by atoms with Crippen molar-refractivity contribution in [3.8, 4) is 0 Å². The van der Waals surface area contributed by atoms with Gasteiger partial charge in [0.25, 0.3) is 5.91 Å². The second kappa shape index (κ2) is 7.27. The average molecular weight is 345 g/mol. The van der Waals surface area contributed by atoms with Crippen LogP contribution < -0.4 is 5.32 Å². The highest BCUT2D eigenvalue weighted by Gasteiger charge is 2.15. The molecule has 0 aliphatic heterocycles. The first-order valence-electron chi connectivity index (χ1n) is 7.51. The Hall–Kier alpha value is -2.67. The van der Waals surface area contributed by atoms with Crippen LogP contribution >= 0.6 is 11.6 Å². The third-order valence-corrected chi connectivity index (χ3v) is 3.86. The monoisotopic (exact) mass is 344 g/mol. The number of benzene rings is 1. The molecule has 2 heterocycles. The molecule has 24 heavy (non-hydrogen) atoms. The van der Waals surface area contributed by atoms with E-state index < -0.39 is 0 Å². The van der Waals surface area contributed by atoms with Gasteiger partial charge in [-0.2, -0.15) is 5.10 Å². The summed E-state index contributed by atoms with van der Waals surface area (Å²) >= 11 is 5.97. The van der Waals surface area contributed by atoms with Gasteiger partial charge in [0.05, 0.1) is 11.6 Å². The van der Waals surface area contributed by atoms with Crippen molar-refractivity contribution in [2.45, 2.75) is 19.5 Å². The predicted molar refractivity (Wildman–Crippen MR) is 89.6 cm³/mol. The highest BCUT2D eigenvalue weighted by atomic mass is 35.5. The molecule has 0 fully saturated rings. The SMILES string of the molecule is Cn1cc(Cl)c(C(=O)NCc2nncn2CCc2ccccc2)n1. The molecule has 124 valence electrons. The molecule has 0 bridgehead atoms. The van der Waals surface area contributed by atoms with Crippen LogP contribution in [0.1, 0.15) is 21.9 Å². The zero-order chi connectivity index (χ0) is 16.9. The first-order valence-corrected chi connectivity index (χ1v) is 7.89. The number of nitrogens with one attached hydrogen (secondary N) is 1. The summed E-state index contributed by atoms with van der Waals surface area (Å²) in [6.45, 7) is 1.01. The van der Waals surface area contributed by atoms with Crippen LogP contribution in [0.4, 0.5) is 0 Å². The molecule has 0 aliphatic carbocycles. The number of carbonyl (C=O) groups excluding carboxylic acids is 1. The second-order valence-electron chi connectivity index (χ2n) is 5.36. The molecule has 0 saturated heterocycles. The van der Waals surface area contributed by atoms with Gasteiger partial charge in [-0.1, -0.05) is 41.9 Å². The number of aromatic nitrogens is 5. The highest BCUT2D eigenvalue weighted by Crippen LogP contribution is 2.13. The van der Waals surface area contributed by atoms with E-state index in [2.05, 4.69) is 32.7 Å². The largest absolute Gasteiger partial charge is 0.343 e. The van der Waals surface area contributed by atoms with Crippen molar-refractivity contribution >= 4 is 17.5 Å². The number of amides is 1. The summed E-state index contributed by atoms with van der Waals surface area (Å²) in [5.41, 5.74) is 1.44. The Kier molecular flexibility index (Phi) is 4.90. The van der Waals surface area contributed by atoms with Crippen molar-refractivity contribution in [3.05, 3.63) is 65.0 Å². The van der Waals surface area contributed by atoms with Crippen molar-refractivity contribution in [1.29, 1.82) is 0 Å². The lowest BCUT2D eigenvalue weighted by Crippen LogP contribution is -2.25. The molecule has 7 nitrogen and oxygen atoms in total. The number of nitrogens with zero attached hydrogens (tertiary/aromatic N) is 5. The van der Waals surface area contributed by atoms with Crippen LogP contribution in [0, 0.1) is 0 Å². The van der Waals surface area contributed by atoms with Crippen LogP contribution in [0.3, 0.4) is 0 Å². The number of halogens is 1. The quantitative estimate of drug-likeness (QED) is 0.740. The number of hydrogen-bond donors (Lipinski definition) is 1. The molecule has 2 aromatic heterocycles. The summed E-state index contributed by atoms with van der Waals surface area (Å²) in [4.78, 5) is 12.1. The summed E-state index contributed by atoms with van der Waals surface area (Å²) in [7, 11) is 1.71. The van der Waals surface area contributed by atoms with Gasteiger partial charge in [0, 0.05) is 19.8 Å². The molecule has 0 saturated carbocycles. The fraction of sp³-hybridized carbons (Fsp3) is 0.250. The molecule has 1 N–H and O–H groups in total. The molecule has 0 atom stereocenters. The average Bonchev–Trinajstić information content (AvgIpc) is 3.17. The molecule has 0 unspecified atom stereocenters. The van der Waals surface area contributed by atoms with E-state index in [1.54, 1.807) is 19.6 Å². The maximum atomic E-state index is 12.1. The number of hydrogen-bond acceptors (Lipinski definition) is 4. The van der Waals surface area contributed by atoms with Crippen LogP contribution in [0.2, 0.25) is 5.02 Å². The summed E-state index contributed by atoms with van der Waals surface area (Å²) in [5.74, 6) is 0.351. The standard InChI is InChI=1S/C16H17ClN6O/c1-22-10-13(17)15(21-22)16(24)18-9-14-20-19-11-23(14)8-7-12-5-3-2-4-6-12/h2-6,10-11H,7-9H2,1H3,(H,18,24). The number of aryl methyl sites for hydroxylation is 3. The van der Waals surface area contributed by atoms with E-state index in [0.717, 1.165) is 13.0 Å². The Morgan fingerprint density at radius 3 is 2.79 bits per heavy atom. The van der Waals surface area contributed by atoms with Gasteiger partial charge in [0.15, 0.2) is 11.5 Å². The molecule has 3 rings (SSSR count). The van der Waals surface area contributed by atoms with Crippen molar-refractivity contribution in [2.24, 2.45) is 7.05 Å². The summed E-state index contributed by atoms with van der Waals surface area (Å²) in [6, 6.07) is 10.2. The minimum absolute atomic E-state index is 0.203. The Labute approximate surface area is 144 Å². The lowest BCUT2D eigenvalue weighted by Gasteiger charge is -2.07. The minimum Gasteiger partial charge on any atom is -0.343 e. The van der Waals surface area contributed by atoms with Gasteiger partial charge >= 0.3 is 0 Å². The van der Waals surface area contributed by atoms with E-state index in [1.165, 1.54) is 10.2 Å². The maximum Gasteiger partial charge on any atom is 0.273 e. The lowest BCUT2D eigenvalue weighted by molar-refractivity contribution is 0.0944. The number of carbonyl (C=O) groups is 1. The molecule has 0 radical (unpaired) electrons. The normalized spacial score (nSPS) is 10.8. The van der Waals surface area contributed by atoms with Gasteiger partial charge < -0.3 is 9.88 Å². The lowest BCUT2D eigenvalue weighted by atomic mass is 10.1. The highest BCUT2D eigenvalue weighted by molar-refractivity contribution is 6.33. The third-order valence-electron chi connectivity index (χ3n) is 3.59. The van der Waals surface area contributed by atoms with Crippen LogP contribution in [-0.2, 0) is 26.6 Å². The molecule has 1 amide bonds. The van der Waals surface area contributed by atoms with Gasteiger partial charge in [-0.3, -0.25) is 9.48 Å². The van der Waals surface area contributed by atoms with E-state index in [0.29, 0.717) is 10.8 Å². The van der Waals surface area contributed by atoms with Gasteiger partial charge in [0.1, 0.15) is 6.33 Å². The molecule has 8 heteroatoms. The van der Waals surface area contributed by atoms with E-state index in [-0.39, 0.29) is 18.1 Å². The zero-order valence-electron chi connectivity index (χ0n) is 13.2. The molecular weight excluding hydrogens is 328 g/mol. The topological polar surface area (TPSA) is 77.6 Å². The fourth-order valence-electron chi connectivity index (χ4n) is 2.35. The van der Waals surface area contributed by atoms with E-state index in [1.807, 2.05) is 22.8 Å². The molecule has 3 aromatic rings. The van der Waals surface area contributed by atoms with Crippen molar-refractivity contribution in [1.82, 2.24) is 29.9 Å². The Morgan fingerprint density at radius 2 is 2.08 bits per heavy atom. The number of rotatable bonds is 6. The zero-order valence-corrected chi connectivity index (χ0v) is 13.9. The van der Waals surface area contributed by atoms with Gasteiger partial charge in [-0.05, 0) is 12.0 Å². The first kappa shape index (κ1) is 16.2. The summed E-state index contributed by atoms with van der Waals surface area (Å²) in [6.07, 6.45) is 4.11. The molecule has 1 aromatic carbocycles. The Morgan fingerprint density at radius 1 is 1.29 bits per heavy atom. The summed E-state index contributed by atoms with van der Waals surface area (Å²) < 4.78 is 3.42. The van der Waals surface area contributed by atoms with Gasteiger partial charge in [0.2, 0.25) is 0 Å². The van der Waals surface area contributed by atoms with Crippen molar-refractivity contribution < 1.29 is 4.79 Å². The van der Waals surface area contributed by atoms with Crippen molar-refractivity contribution in [3.63, 3.8) is 0 Å².